The topological polar surface area (TPSA) is 99.2 Å². The molecule has 1 saturated heterocycles. The molecule has 2 heterocycles. The number of amides is 1. The summed E-state index contributed by atoms with van der Waals surface area (Å²) in [5.41, 5.74) is 3.59. The highest BCUT2D eigenvalue weighted by Gasteiger charge is 2.43. The van der Waals surface area contributed by atoms with Gasteiger partial charge in [0, 0.05) is 42.6 Å². The van der Waals surface area contributed by atoms with Crippen molar-refractivity contribution < 1.29 is 22.5 Å². The predicted octanol–water partition coefficient (Wildman–Crippen LogP) is 4.04. The average molecular weight is 555 g/mol. The fourth-order valence-corrected chi connectivity index (χ4v) is 5.61. The lowest BCUT2D eigenvalue weighted by molar-refractivity contribution is 0.0934. The van der Waals surface area contributed by atoms with Crippen LogP contribution in [0.1, 0.15) is 30.4 Å². The molecule has 0 aliphatic carbocycles. The van der Waals surface area contributed by atoms with Crippen LogP contribution in [0, 0.1) is 6.92 Å². The summed E-state index contributed by atoms with van der Waals surface area (Å²) in [5.74, 6) is 0.359. The molecule has 2 atom stereocenters. The van der Waals surface area contributed by atoms with Gasteiger partial charge >= 0.3 is 6.09 Å². The van der Waals surface area contributed by atoms with Gasteiger partial charge < -0.3 is 19.9 Å². The van der Waals surface area contributed by atoms with Crippen LogP contribution in [0.5, 0.6) is 0 Å². The number of ether oxygens (including phenoxy) is 1. The second kappa shape index (κ2) is 11.5. The van der Waals surface area contributed by atoms with Crippen LogP contribution < -0.4 is 10.2 Å². The van der Waals surface area contributed by atoms with E-state index in [1.807, 2.05) is 25.8 Å². The van der Waals surface area contributed by atoms with Crippen molar-refractivity contribution in [3.05, 3.63) is 58.1 Å². The number of hydrogen-bond acceptors (Lipinski definition) is 6. The standard InChI is InChI=1S/C17H24BrN3O2.C7H8O3S/c1-3-23-17(22)20-9-7-15-13(11-20)12-5-4-6-14(18)16(12)21(15)10-8-19-2;1-6-2-4-7(5-3-6)11(8,9)10/h4-6,13,15,19H,3,7-11H2,1-2H3;2-5H,1H3,(H,8,9,10)/t13-,15-;/m0./s1. The van der Waals surface area contributed by atoms with Gasteiger partial charge in [-0.2, -0.15) is 8.42 Å². The molecule has 0 bridgehead atoms. The van der Waals surface area contributed by atoms with Crippen LogP contribution in [-0.4, -0.2) is 69.8 Å². The highest BCUT2D eigenvalue weighted by atomic mass is 79.9. The summed E-state index contributed by atoms with van der Waals surface area (Å²) in [6.45, 7) is 7.56. The first-order valence-electron chi connectivity index (χ1n) is 11.3. The molecule has 1 fully saturated rings. The third kappa shape index (κ3) is 6.10. The minimum atomic E-state index is -4.02. The number of fused-ring (bicyclic) bond motifs is 3. The molecule has 2 aliphatic rings. The van der Waals surface area contributed by atoms with Crippen LogP contribution in [0.15, 0.2) is 51.8 Å². The van der Waals surface area contributed by atoms with Crippen molar-refractivity contribution in [1.82, 2.24) is 10.2 Å². The normalized spacial score (nSPS) is 19.1. The Hall–Kier alpha value is -2.14. The van der Waals surface area contributed by atoms with Crippen LogP contribution in [0.2, 0.25) is 0 Å². The number of anilines is 1. The zero-order valence-electron chi connectivity index (χ0n) is 19.7. The zero-order valence-corrected chi connectivity index (χ0v) is 22.1. The van der Waals surface area contributed by atoms with Gasteiger partial charge in [0.1, 0.15) is 0 Å². The molecule has 0 spiro atoms. The van der Waals surface area contributed by atoms with Crippen LogP contribution in [0.4, 0.5) is 10.5 Å². The van der Waals surface area contributed by atoms with Gasteiger partial charge in [0.15, 0.2) is 0 Å². The number of rotatable bonds is 5. The van der Waals surface area contributed by atoms with E-state index in [1.165, 1.54) is 23.4 Å². The Morgan fingerprint density at radius 3 is 2.56 bits per heavy atom. The maximum Gasteiger partial charge on any atom is 0.409 e. The molecule has 0 radical (unpaired) electrons. The molecule has 2 N–H and O–H groups in total. The largest absolute Gasteiger partial charge is 0.450 e. The number of nitrogens with zero attached hydrogens (tertiary/aromatic N) is 2. The summed E-state index contributed by atoms with van der Waals surface area (Å²) in [6.07, 6.45) is 0.796. The molecule has 0 aromatic heterocycles. The number of aryl methyl sites for hydroxylation is 1. The number of likely N-dealkylation sites (tertiary alicyclic amines) is 1. The average Bonchev–Trinajstić information content (AvgIpc) is 3.12. The van der Waals surface area contributed by atoms with Gasteiger partial charge in [-0.25, -0.2) is 4.79 Å². The second-order valence-electron chi connectivity index (χ2n) is 8.37. The van der Waals surface area contributed by atoms with Crippen molar-refractivity contribution in [2.75, 3.05) is 44.7 Å². The smallest absolute Gasteiger partial charge is 0.409 e. The molecular weight excluding hydrogens is 522 g/mol. The number of piperidine rings is 1. The van der Waals surface area contributed by atoms with Crippen molar-refractivity contribution in [3.63, 3.8) is 0 Å². The molecule has 0 unspecified atom stereocenters. The number of nitrogens with one attached hydrogen (secondary N) is 1. The van der Waals surface area contributed by atoms with Crippen LogP contribution in [-0.2, 0) is 14.9 Å². The molecular formula is C24H32BrN3O5S. The number of halogens is 1. The Morgan fingerprint density at radius 2 is 1.94 bits per heavy atom. The van der Waals surface area contributed by atoms with Gasteiger partial charge in [0.05, 0.1) is 17.2 Å². The van der Waals surface area contributed by atoms with E-state index in [0.717, 1.165) is 42.6 Å². The van der Waals surface area contributed by atoms with Gasteiger partial charge in [0.25, 0.3) is 10.1 Å². The number of hydrogen-bond donors (Lipinski definition) is 2. The fourth-order valence-electron chi connectivity index (χ4n) is 4.52. The number of para-hydroxylation sites is 1. The van der Waals surface area contributed by atoms with Crippen molar-refractivity contribution in [2.24, 2.45) is 0 Å². The van der Waals surface area contributed by atoms with Crippen molar-refractivity contribution in [1.29, 1.82) is 0 Å². The van der Waals surface area contributed by atoms with E-state index < -0.39 is 10.1 Å². The fraction of sp³-hybridized carbons (Fsp3) is 0.458. The molecule has 2 aromatic carbocycles. The van der Waals surface area contributed by atoms with Gasteiger partial charge in [-0.3, -0.25) is 4.55 Å². The zero-order chi connectivity index (χ0) is 24.9. The van der Waals surface area contributed by atoms with Crippen LogP contribution in [0.3, 0.4) is 0 Å². The number of likely N-dealkylation sites (N-methyl/N-ethyl adjacent to an activating group) is 1. The van der Waals surface area contributed by atoms with E-state index in [-0.39, 0.29) is 11.0 Å². The first-order valence-corrected chi connectivity index (χ1v) is 13.6. The van der Waals surface area contributed by atoms with E-state index in [0.29, 0.717) is 18.6 Å². The molecule has 4 rings (SSSR count). The summed E-state index contributed by atoms with van der Waals surface area (Å²) in [4.78, 5) is 16.4. The van der Waals surface area contributed by atoms with Gasteiger partial charge in [0.2, 0.25) is 0 Å². The van der Waals surface area contributed by atoms with Crippen molar-refractivity contribution in [3.8, 4) is 0 Å². The third-order valence-electron chi connectivity index (χ3n) is 6.13. The monoisotopic (exact) mass is 553 g/mol. The maximum absolute atomic E-state index is 12.1. The Labute approximate surface area is 210 Å². The Kier molecular flexibility index (Phi) is 8.97. The van der Waals surface area contributed by atoms with E-state index in [1.54, 1.807) is 12.1 Å². The van der Waals surface area contributed by atoms with E-state index in [4.69, 9.17) is 9.29 Å². The highest BCUT2D eigenvalue weighted by molar-refractivity contribution is 9.10. The van der Waals surface area contributed by atoms with Crippen molar-refractivity contribution in [2.45, 2.75) is 37.1 Å². The molecule has 0 saturated carbocycles. The molecule has 1 amide bonds. The summed E-state index contributed by atoms with van der Waals surface area (Å²) >= 11 is 3.72. The van der Waals surface area contributed by atoms with E-state index in [9.17, 15) is 13.2 Å². The minimum absolute atomic E-state index is 0.0666. The summed E-state index contributed by atoms with van der Waals surface area (Å²) in [5, 5.41) is 3.24. The lowest BCUT2D eigenvalue weighted by Gasteiger charge is -2.38. The van der Waals surface area contributed by atoms with Crippen LogP contribution >= 0.6 is 15.9 Å². The van der Waals surface area contributed by atoms with E-state index >= 15 is 0 Å². The van der Waals surface area contributed by atoms with Crippen molar-refractivity contribution >= 4 is 37.8 Å². The molecule has 10 heteroatoms. The van der Waals surface area contributed by atoms with Gasteiger partial charge in [-0.1, -0.05) is 29.8 Å². The summed E-state index contributed by atoms with van der Waals surface area (Å²) in [6, 6.07) is 12.8. The maximum atomic E-state index is 12.1. The Bertz CT molecular complexity index is 1090. The van der Waals surface area contributed by atoms with Gasteiger partial charge in [-0.05, 0) is 67.0 Å². The second-order valence-corrected chi connectivity index (χ2v) is 10.6. The highest BCUT2D eigenvalue weighted by Crippen LogP contribution is 2.47. The third-order valence-corrected chi connectivity index (χ3v) is 7.64. The van der Waals surface area contributed by atoms with Crippen LogP contribution in [0.25, 0.3) is 0 Å². The molecule has 186 valence electrons. The first kappa shape index (κ1) is 26.5. The lowest BCUT2D eigenvalue weighted by Crippen LogP contribution is -2.49. The summed E-state index contributed by atoms with van der Waals surface area (Å²) < 4.78 is 35.9. The van der Waals surface area contributed by atoms with E-state index in [2.05, 4.69) is 44.3 Å². The SMILES string of the molecule is CCOC(=O)N1CC[C@H]2[C@@H](C1)c1cccc(Br)c1N2CCNC.Cc1ccc(S(=O)(=O)O)cc1. The quantitative estimate of drug-likeness (QED) is 0.539. The minimum Gasteiger partial charge on any atom is -0.450 e. The Balaban J connectivity index is 0.000000248. The predicted molar refractivity (Wildman–Crippen MR) is 136 cm³/mol. The molecule has 8 nitrogen and oxygen atoms in total. The number of carbonyl (C=O) groups is 1. The first-order chi connectivity index (χ1) is 16.2. The number of benzene rings is 2. The summed E-state index contributed by atoms with van der Waals surface area (Å²) in [7, 11) is -2.04. The number of carbonyl (C=O) groups excluding carboxylic acids is 1. The molecule has 2 aliphatic heterocycles. The Morgan fingerprint density at radius 1 is 1.24 bits per heavy atom. The molecule has 2 aromatic rings. The van der Waals surface area contributed by atoms with Gasteiger partial charge in [-0.15, -0.1) is 0 Å². The molecule has 34 heavy (non-hydrogen) atoms. The lowest BCUT2D eigenvalue weighted by atomic mass is 9.89.